The molecular formula is C17H13BrFNO. The van der Waals surface area contributed by atoms with E-state index in [4.69, 9.17) is 0 Å². The molecule has 0 aliphatic heterocycles. The van der Waals surface area contributed by atoms with Gasteiger partial charge in [-0.25, -0.2) is 4.39 Å². The normalized spacial score (nSPS) is 12.5. The molecule has 3 aromatic rings. The van der Waals surface area contributed by atoms with Crippen molar-refractivity contribution in [1.82, 2.24) is 4.98 Å². The van der Waals surface area contributed by atoms with Gasteiger partial charge in [0.15, 0.2) is 0 Å². The molecule has 0 aliphatic rings. The lowest BCUT2D eigenvalue weighted by atomic mass is 10.0. The number of aliphatic hydroxyl groups excluding tert-OH is 1. The third-order valence-corrected chi connectivity index (χ3v) is 3.88. The van der Waals surface area contributed by atoms with Gasteiger partial charge in [0.25, 0.3) is 0 Å². The summed E-state index contributed by atoms with van der Waals surface area (Å²) >= 11 is 3.31. The second kappa shape index (κ2) is 5.92. The zero-order valence-electron chi connectivity index (χ0n) is 11.1. The van der Waals surface area contributed by atoms with Gasteiger partial charge in [0, 0.05) is 16.3 Å². The number of aliphatic hydroxyl groups is 1. The molecule has 1 unspecified atom stereocenters. The van der Waals surface area contributed by atoms with Crippen molar-refractivity contribution in [3.05, 3.63) is 76.1 Å². The van der Waals surface area contributed by atoms with E-state index in [2.05, 4.69) is 20.9 Å². The van der Waals surface area contributed by atoms with Crippen LogP contribution in [0.3, 0.4) is 0 Å². The second-order valence-corrected chi connectivity index (χ2v) is 5.80. The summed E-state index contributed by atoms with van der Waals surface area (Å²) in [5.41, 5.74) is 1.84. The Bertz CT molecular complexity index is 791. The molecule has 0 saturated carbocycles. The summed E-state index contributed by atoms with van der Waals surface area (Å²) in [6, 6.07) is 16.1. The van der Waals surface area contributed by atoms with E-state index in [0.29, 0.717) is 11.3 Å². The molecule has 1 heterocycles. The van der Waals surface area contributed by atoms with Crippen LogP contribution in [-0.4, -0.2) is 10.1 Å². The lowest BCUT2D eigenvalue weighted by Crippen LogP contribution is -2.05. The third kappa shape index (κ3) is 3.12. The Morgan fingerprint density at radius 3 is 2.76 bits per heavy atom. The number of hydrogen-bond acceptors (Lipinski definition) is 2. The van der Waals surface area contributed by atoms with Crippen LogP contribution in [0, 0.1) is 5.82 Å². The highest BCUT2D eigenvalue weighted by Crippen LogP contribution is 2.23. The summed E-state index contributed by atoms with van der Waals surface area (Å²) in [5.74, 6) is -0.321. The van der Waals surface area contributed by atoms with Gasteiger partial charge in [0.1, 0.15) is 11.9 Å². The largest absolute Gasteiger partial charge is 0.386 e. The Morgan fingerprint density at radius 2 is 1.90 bits per heavy atom. The predicted octanol–water partition coefficient (Wildman–Crippen LogP) is 4.41. The smallest absolute Gasteiger partial charge is 0.126 e. The summed E-state index contributed by atoms with van der Waals surface area (Å²) in [4.78, 5) is 4.44. The standard InChI is InChI=1S/C17H13BrFNO/c18-13-6-7-14(19)12(9-13)10-17(21)16-8-5-11-3-1-2-4-15(11)20-16/h1-9,17,21H,10H2. The van der Waals surface area contributed by atoms with E-state index in [1.165, 1.54) is 6.07 Å². The first-order chi connectivity index (χ1) is 10.1. The Kier molecular flexibility index (Phi) is 3.99. The summed E-state index contributed by atoms with van der Waals surface area (Å²) in [6.07, 6.45) is -0.644. The van der Waals surface area contributed by atoms with Gasteiger partial charge < -0.3 is 5.11 Å². The van der Waals surface area contributed by atoms with Crippen LogP contribution in [0.25, 0.3) is 10.9 Å². The van der Waals surface area contributed by atoms with Crippen LogP contribution in [0.1, 0.15) is 17.4 Å². The predicted molar refractivity (Wildman–Crippen MR) is 84.5 cm³/mol. The van der Waals surface area contributed by atoms with E-state index >= 15 is 0 Å². The Balaban J connectivity index is 1.89. The molecule has 2 aromatic carbocycles. The second-order valence-electron chi connectivity index (χ2n) is 4.88. The van der Waals surface area contributed by atoms with Crippen LogP contribution >= 0.6 is 15.9 Å². The summed E-state index contributed by atoms with van der Waals surface area (Å²) < 4.78 is 14.5. The van der Waals surface area contributed by atoms with Crippen molar-refractivity contribution in [1.29, 1.82) is 0 Å². The van der Waals surface area contributed by atoms with Gasteiger partial charge in [-0.3, -0.25) is 4.98 Å². The molecule has 2 nitrogen and oxygen atoms in total. The van der Waals surface area contributed by atoms with Crippen LogP contribution in [-0.2, 0) is 6.42 Å². The van der Waals surface area contributed by atoms with Crippen molar-refractivity contribution >= 4 is 26.8 Å². The lowest BCUT2D eigenvalue weighted by molar-refractivity contribution is 0.172. The van der Waals surface area contributed by atoms with Gasteiger partial charge in [-0.2, -0.15) is 0 Å². The molecule has 0 aliphatic carbocycles. The van der Waals surface area contributed by atoms with Crippen LogP contribution in [0.4, 0.5) is 4.39 Å². The maximum absolute atomic E-state index is 13.7. The molecule has 0 fully saturated rings. The van der Waals surface area contributed by atoms with Crippen molar-refractivity contribution in [2.75, 3.05) is 0 Å². The number of fused-ring (bicyclic) bond motifs is 1. The van der Waals surface area contributed by atoms with Crippen molar-refractivity contribution in [3.8, 4) is 0 Å². The van der Waals surface area contributed by atoms with Crippen LogP contribution in [0.5, 0.6) is 0 Å². The van der Waals surface area contributed by atoms with E-state index in [9.17, 15) is 9.50 Å². The summed E-state index contributed by atoms with van der Waals surface area (Å²) in [5, 5.41) is 11.3. The quantitative estimate of drug-likeness (QED) is 0.762. The number of para-hydroxylation sites is 1. The van der Waals surface area contributed by atoms with Gasteiger partial charge in [-0.15, -0.1) is 0 Å². The van der Waals surface area contributed by atoms with E-state index in [1.54, 1.807) is 18.2 Å². The summed E-state index contributed by atoms with van der Waals surface area (Å²) in [7, 11) is 0. The SMILES string of the molecule is OC(Cc1cc(Br)ccc1F)c1ccc2ccccc2n1. The van der Waals surface area contributed by atoms with E-state index in [-0.39, 0.29) is 12.2 Å². The molecule has 1 aromatic heterocycles. The van der Waals surface area contributed by atoms with Crippen molar-refractivity contribution in [2.45, 2.75) is 12.5 Å². The van der Waals surface area contributed by atoms with Crippen molar-refractivity contribution in [2.24, 2.45) is 0 Å². The van der Waals surface area contributed by atoms with E-state index in [1.807, 2.05) is 30.3 Å². The molecule has 0 amide bonds. The number of rotatable bonds is 3. The molecule has 1 atom stereocenters. The van der Waals surface area contributed by atoms with Gasteiger partial charge in [-0.05, 0) is 35.9 Å². The molecule has 3 rings (SSSR count). The minimum absolute atomic E-state index is 0.191. The zero-order valence-corrected chi connectivity index (χ0v) is 12.7. The van der Waals surface area contributed by atoms with Crippen LogP contribution in [0.2, 0.25) is 0 Å². The maximum atomic E-state index is 13.7. The first-order valence-corrected chi connectivity index (χ1v) is 7.40. The molecule has 1 N–H and O–H groups in total. The van der Waals surface area contributed by atoms with E-state index < -0.39 is 6.10 Å². The van der Waals surface area contributed by atoms with Gasteiger partial charge in [0.05, 0.1) is 11.2 Å². The topological polar surface area (TPSA) is 33.1 Å². The number of aromatic nitrogens is 1. The molecule has 0 spiro atoms. The molecule has 0 radical (unpaired) electrons. The molecule has 106 valence electrons. The minimum Gasteiger partial charge on any atom is -0.386 e. The lowest BCUT2D eigenvalue weighted by Gasteiger charge is -2.12. The Morgan fingerprint density at radius 1 is 1.10 bits per heavy atom. The van der Waals surface area contributed by atoms with Crippen LogP contribution < -0.4 is 0 Å². The number of halogens is 2. The van der Waals surface area contributed by atoms with Gasteiger partial charge in [0.2, 0.25) is 0 Å². The van der Waals surface area contributed by atoms with Gasteiger partial charge in [-0.1, -0.05) is 40.2 Å². The average molecular weight is 346 g/mol. The number of benzene rings is 2. The third-order valence-electron chi connectivity index (χ3n) is 3.38. The highest BCUT2D eigenvalue weighted by Gasteiger charge is 2.13. The number of pyridine rings is 1. The Hall–Kier alpha value is -1.78. The fourth-order valence-electron chi connectivity index (χ4n) is 2.28. The molecule has 0 bridgehead atoms. The first kappa shape index (κ1) is 14.2. The summed E-state index contributed by atoms with van der Waals surface area (Å²) in [6.45, 7) is 0. The highest BCUT2D eigenvalue weighted by atomic mass is 79.9. The number of hydrogen-bond donors (Lipinski definition) is 1. The van der Waals surface area contributed by atoms with E-state index in [0.717, 1.165) is 15.4 Å². The van der Waals surface area contributed by atoms with Gasteiger partial charge >= 0.3 is 0 Å². The minimum atomic E-state index is -0.835. The molecule has 21 heavy (non-hydrogen) atoms. The fraction of sp³-hybridized carbons (Fsp3) is 0.118. The first-order valence-electron chi connectivity index (χ1n) is 6.61. The molecular weight excluding hydrogens is 333 g/mol. The maximum Gasteiger partial charge on any atom is 0.126 e. The fourth-order valence-corrected chi connectivity index (χ4v) is 2.69. The van der Waals surface area contributed by atoms with Crippen molar-refractivity contribution in [3.63, 3.8) is 0 Å². The van der Waals surface area contributed by atoms with Crippen LogP contribution in [0.15, 0.2) is 59.1 Å². The average Bonchev–Trinajstić information content (AvgIpc) is 2.50. The highest BCUT2D eigenvalue weighted by molar-refractivity contribution is 9.10. The molecule has 4 heteroatoms. The number of nitrogens with zero attached hydrogens (tertiary/aromatic N) is 1. The monoisotopic (exact) mass is 345 g/mol. The zero-order chi connectivity index (χ0) is 14.8. The Labute approximate surface area is 130 Å². The van der Waals surface area contributed by atoms with Crippen molar-refractivity contribution < 1.29 is 9.50 Å². The molecule has 0 saturated heterocycles.